The lowest BCUT2D eigenvalue weighted by atomic mass is 10.1. The topological polar surface area (TPSA) is 91.8 Å². The Morgan fingerprint density at radius 2 is 1.87 bits per heavy atom. The second-order valence-corrected chi connectivity index (χ2v) is 6.52. The van der Waals surface area contributed by atoms with E-state index in [0.29, 0.717) is 12.0 Å². The van der Waals surface area contributed by atoms with Crippen LogP contribution in [-0.2, 0) is 17.4 Å². The summed E-state index contributed by atoms with van der Waals surface area (Å²) in [4.78, 5) is 24.7. The first-order valence-corrected chi connectivity index (χ1v) is 9.03. The lowest BCUT2D eigenvalue weighted by Crippen LogP contribution is -2.31. The summed E-state index contributed by atoms with van der Waals surface area (Å²) in [6, 6.07) is 9.05. The number of carbonyl (C=O) groups excluding carboxylic acids is 1. The Morgan fingerprint density at radius 1 is 1.20 bits per heavy atom. The molecule has 0 radical (unpaired) electrons. The van der Waals surface area contributed by atoms with Crippen molar-refractivity contribution in [3.8, 4) is 17.2 Å². The van der Waals surface area contributed by atoms with Gasteiger partial charge in [0.25, 0.3) is 5.76 Å². The lowest BCUT2D eigenvalue weighted by Gasteiger charge is -2.15. The smallest absolute Gasteiger partial charge is 0.449 e. The van der Waals surface area contributed by atoms with Gasteiger partial charge in [-0.15, -0.1) is 0 Å². The number of benzene rings is 2. The van der Waals surface area contributed by atoms with E-state index in [-0.39, 0.29) is 16.9 Å². The Hall–Kier alpha value is -3.33. The van der Waals surface area contributed by atoms with Crippen molar-refractivity contribution < 1.29 is 31.9 Å². The number of halogens is 3. The summed E-state index contributed by atoms with van der Waals surface area (Å²) in [5.41, 5.74) is 4.51. The van der Waals surface area contributed by atoms with Crippen LogP contribution in [0.3, 0.4) is 0 Å². The number of rotatable bonds is 5. The van der Waals surface area contributed by atoms with Gasteiger partial charge in [-0.3, -0.25) is 4.79 Å². The summed E-state index contributed by atoms with van der Waals surface area (Å²) in [5, 5.41) is -0.133. The second kappa shape index (κ2) is 8.19. The van der Waals surface area contributed by atoms with Gasteiger partial charge in [-0.2, -0.15) is 13.2 Å². The number of hydrogen-bond donors (Lipinski definition) is 1. The molecular formula is C21H18F3NO5. The number of esters is 1. The number of hydrogen-bond acceptors (Lipinski definition) is 6. The zero-order valence-electron chi connectivity index (χ0n) is 16.1. The first-order chi connectivity index (χ1) is 14.1. The van der Waals surface area contributed by atoms with Gasteiger partial charge in [0.1, 0.15) is 23.1 Å². The fourth-order valence-electron chi connectivity index (χ4n) is 2.71. The fourth-order valence-corrected chi connectivity index (χ4v) is 2.71. The van der Waals surface area contributed by atoms with Crippen LogP contribution < -0.4 is 20.6 Å². The highest BCUT2D eigenvalue weighted by molar-refractivity contribution is 5.84. The molecule has 0 amide bonds. The molecule has 1 unspecified atom stereocenters. The normalized spacial score (nSPS) is 12.6. The molecule has 0 aliphatic carbocycles. The van der Waals surface area contributed by atoms with Gasteiger partial charge in [-0.1, -0.05) is 25.1 Å². The molecule has 0 fully saturated rings. The average molecular weight is 421 g/mol. The van der Waals surface area contributed by atoms with Gasteiger partial charge in [0.15, 0.2) is 0 Å². The molecule has 0 aliphatic rings. The highest BCUT2D eigenvalue weighted by atomic mass is 19.4. The number of para-hydroxylation sites is 1. The number of alkyl halides is 3. The third-order valence-electron chi connectivity index (χ3n) is 4.22. The van der Waals surface area contributed by atoms with Crippen molar-refractivity contribution >= 4 is 16.9 Å². The third-order valence-corrected chi connectivity index (χ3v) is 4.22. The van der Waals surface area contributed by atoms with Crippen molar-refractivity contribution in [2.24, 2.45) is 5.73 Å². The van der Waals surface area contributed by atoms with Crippen molar-refractivity contribution in [2.75, 3.05) is 0 Å². The molecule has 30 heavy (non-hydrogen) atoms. The molecule has 2 N–H and O–H groups in total. The van der Waals surface area contributed by atoms with Gasteiger partial charge in [-0.05, 0) is 37.1 Å². The molecule has 0 spiro atoms. The SMILES string of the molecule is CCc1cc2c(=O)c(Oc3ccccc3)c(C(F)(F)F)oc2cc1OC(=O)C(C)N. The minimum Gasteiger partial charge on any atom is -0.449 e. The third kappa shape index (κ3) is 4.30. The molecule has 1 heterocycles. The quantitative estimate of drug-likeness (QED) is 0.484. The summed E-state index contributed by atoms with van der Waals surface area (Å²) < 4.78 is 56.2. The van der Waals surface area contributed by atoms with Crippen LogP contribution in [0.15, 0.2) is 51.7 Å². The predicted octanol–water partition coefficient (Wildman–Crippen LogP) is 4.42. The summed E-state index contributed by atoms with van der Waals surface area (Å²) in [6.07, 6.45) is -4.66. The summed E-state index contributed by atoms with van der Waals surface area (Å²) in [5.74, 6) is -3.30. The van der Waals surface area contributed by atoms with Crippen molar-refractivity contribution in [3.05, 3.63) is 64.0 Å². The van der Waals surface area contributed by atoms with Crippen LogP contribution in [0.4, 0.5) is 13.2 Å². The van der Waals surface area contributed by atoms with Crippen LogP contribution in [0.2, 0.25) is 0 Å². The number of ether oxygens (including phenoxy) is 2. The molecule has 2 aromatic carbocycles. The van der Waals surface area contributed by atoms with Gasteiger partial charge < -0.3 is 19.6 Å². The van der Waals surface area contributed by atoms with Crippen molar-refractivity contribution in [1.29, 1.82) is 0 Å². The summed E-state index contributed by atoms with van der Waals surface area (Å²) in [6.45, 7) is 3.14. The fraction of sp³-hybridized carbons (Fsp3) is 0.238. The van der Waals surface area contributed by atoms with Crippen LogP contribution in [0, 0.1) is 0 Å². The van der Waals surface area contributed by atoms with Crippen LogP contribution in [0.1, 0.15) is 25.2 Å². The maximum atomic E-state index is 13.6. The van der Waals surface area contributed by atoms with E-state index < -0.39 is 40.7 Å². The van der Waals surface area contributed by atoms with E-state index in [4.69, 9.17) is 19.6 Å². The van der Waals surface area contributed by atoms with E-state index in [1.54, 1.807) is 25.1 Å². The molecule has 0 saturated heterocycles. The van der Waals surface area contributed by atoms with Crippen LogP contribution in [0.25, 0.3) is 11.0 Å². The standard InChI is InChI=1S/C21H18F3NO5/c1-3-12-9-14-16(10-15(12)30-20(27)11(2)25)29-19(21(22,23)24)18(17(14)26)28-13-7-5-4-6-8-13/h4-11H,3,25H2,1-2H3. The maximum absolute atomic E-state index is 13.6. The first kappa shape index (κ1) is 21.4. The Kier molecular flexibility index (Phi) is 5.84. The highest BCUT2D eigenvalue weighted by Crippen LogP contribution is 2.39. The van der Waals surface area contributed by atoms with Gasteiger partial charge in [0, 0.05) is 6.07 Å². The Balaban J connectivity index is 2.23. The zero-order chi connectivity index (χ0) is 22.1. The minimum atomic E-state index is -5.00. The highest BCUT2D eigenvalue weighted by Gasteiger charge is 2.40. The predicted molar refractivity (Wildman–Crippen MR) is 103 cm³/mol. The van der Waals surface area contributed by atoms with Crippen LogP contribution >= 0.6 is 0 Å². The molecule has 1 atom stereocenters. The van der Waals surface area contributed by atoms with Crippen molar-refractivity contribution in [2.45, 2.75) is 32.5 Å². The second-order valence-electron chi connectivity index (χ2n) is 6.52. The van der Waals surface area contributed by atoms with E-state index in [1.807, 2.05) is 0 Å². The molecule has 0 aliphatic heterocycles. The molecular weight excluding hydrogens is 403 g/mol. The molecule has 3 aromatic rings. The van der Waals surface area contributed by atoms with Crippen LogP contribution in [-0.4, -0.2) is 12.0 Å². The summed E-state index contributed by atoms with van der Waals surface area (Å²) >= 11 is 0. The maximum Gasteiger partial charge on any atom is 0.453 e. The summed E-state index contributed by atoms with van der Waals surface area (Å²) in [7, 11) is 0. The Bertz CT molecular complexity index is 1140. The first-order valence-electron chi connectivity index (χ1n) is 9.03. The van der Waals surface area contributed by atoms with Crippen molar-refractivity contribution in [3.63, 3.8) is 0 Å². The molecule has 0 bridgehead atoms. The number of nitrogens with two attached hydrogens (primary N) is 1. The molecule has 6 nitrogen and oxygen atoms in total. The number of carbonyl (C=O) groups is 1. The van der Waals surface area contributed by atoms with E-state index in [9.17, 15) is 22.8 Å². The van der Waals surface area contributed by atoms with E-state index >= 15 is 0 Å². The van der Waals surface area contributed by atoms with Gasteiger partial charge in [0.05, 0.1) is 5.39 Å². The Morgan fingerprint density at radius 3 is 2.43 bits per heavy atom. The van der Waals surface area contributed by atoms with Crippen molar-refractivity contribution in [1.82, 2.24) is 0 Å². The number of fused-ring (bicyclic) bond motifs is 1. The molecule has 3 rings (SSSR count). The Labute approximate surface area is 169 Å². The van der Waals surface area contributed by atoms with Gasteiger partial charge in [0.2, 0.25) is 11.2 Å². The number of aryl methyl sites for hydroxylation is 1. The van der Waals surface area contributed by atoms with Gasteiger partial charge >= 0.3 is 12.1 Å². The zero-order valence-corrected chi connectivity index (χ0v) is 16.1. The lowest BCUT2D eigenvalue weighted by molar-refractivity contribution is -0.154. The van der Waals surface area contributed by atoms with E-state index in [1.165, 1.54) is 25.1 Å². The largest absolute Gasteiger partial charge is 0.453 e. The van der Waals surface area contributed by atoms with E-state index in [0.717, 1.165) is 6.07 Å². The van der Waals surface area contributed by atoms with Gasteiger partial charge in [-0.25, -0.2) is 4.79 Å². The molecule has 0 saturated carbocycles. The molecule has 158 valence electrons. The molecule has 9 heteroatoms. The average Bonchev–Trinajstić information content (AvgIpc) is 2.69. The van der Waals surface area contributed by atoms with Crippen LogP contribution in [0.5, 0.6) is 17.2 Å². The minimum absolute atomic E-state index is 0.0275. The van der Waals surface area contributed by atoms with E-state index in [2.05, 4.69) is 0 Å². The monoisotopic (exact) mass is 421 g/mol. The molecule has 1 aromatic heterocycles.